The molecule has 1 amide bonds. The second-order valence-corrected chi connectivity index (χ2v) is 9.73. The van der Waals surface area contributed by atoms with Crippen LogP contribution in [0.15, 0.2) is 28.5 Å². The molecule has 2 unspecified atom stereocenters. The molecular weight excluding hydrogens is 416 g/mol. The molecule has 2 aliphatic carbocycles. The Kier molecular flexibility index (Phi) is 5.67. The molecule has 1 N–H and O–H groups in total. The highest BCUT2D eigenvalue weighted by Gasteiger charge is 2.60. The summed E-state index contributed by atoms with van der Waals surface area (Å²) in [5, 5.41) is 16.8. The Labute approximate surface area is 185 Å². The SMILES string of the molecule is COc1ccc(OC)c(-n2nnnc2SCC(=O)N/N=C2\CC3CCC2(C)C3(C)C)c1. The number of thioether (sulfide) groups is 1. The Hall–Kier alpha value is -2.62. The van der Waals surface area contributed by atoms with E-state index in [4.69, 9.17) is 9.47 Å². The molecule has 1 heterocycles. The van der Waals surface area contributed by atoms with E-state index in [1.54, 1.807) is 32.4 Å². The van der Waals surface area contributed by atoms with Crippen LogP contribution in [-0.4, -0.2) is 51.8 Å². The predicted octanol–water partition coefficient (Wildman–Crippen LogP) is 3.09. The minimum absolute atomic E-state index is 0.0606. The molecule has 1 aromatic carbocycles. The average Bonchev–Trinajstić information content (AvgIpc) is 3.38. The van der Waals surface area contributed by atoms with Crippen LogP contribution in [0.2, 0.25) is 0 Å². The fourth-order valence-electron chi connectivity index (χ4n) is 4.77. The monoisotopic (exact) mass is 444 g/mol. The summed E-state index contributed by atoms with van der Waals surface area (Å²) in [4.78, 5) is 12.5. The van der Waals surface area contributed by atoms with E-state index in [1.165, 1.54) is 22.9 Å². The van der Waals surface area contributed by atoms with Gasteiger partial charge in [-0.15, -0.1) is 5.10 Å². The van der Waals surface area contributed by atoms with E-state index in [-0.39, 0.29) is 22.5 Å². The summed E-state index contributed by atoms with van der Waals surface area (Å²) in [7, 11) is 3.16. The van der Waals surface area contributed by atoms with Crippen molar-refractivity contribution < 1.29 is 14.3 Å². The number of hydrogen-bond donors (Lipinski definition) is 1. The van der Waals surface area contributed by atoms with Crippen molar-refractivity contribution in [2.45, 2.75) is 45.2 Å². The molecule has 0 radical (unpaired) electrons. The molecule has 2 saturated carbocycles. The number of carbonyl (C=O) groups is 1. The minimum atomic E-state index is -0.186. The molecule has 2 fully saturated rings. The summed E-state index contributed by atoms with van der Waals surface area (Å²) in [6, 6.07) is 5.36. The Balaban J connectivity index is 1.43. The molecule has 2 atom stereocenters. The van der Waals surface area contributed by atoms with Crippen molar-refractivity contribution in [1.29, 1.82) is 0 Å². The van der Waals surface area contributed by atoms with Crippen molar-refractivity contribution in [3.05, 3.63) is 18.2 Å². The van der Waals surface area contributed by atoms with E-state index in [0.29, 0.717) is 28.3 Å². The van der Waals surface area contributed by atoms with Gasteiger partial charge in [0.25, 0.3) is 5.91 Å². The number of nitrogens with one attached hydrogen (secondary N) is 1. The third kappa shape index (κ3) is 3.66. The van der Waals surface area contributed by atoms with Crippen LogP contribution < -0.4 is 14.9 Å². The van der Waals surface area contributed by atoms with Gasteiger partial charge in [0.05, 0.1) is 20.0 Å². The van der Waals surface area contributed by atoms with Crippen LogP contribution in [0.5, 0.6) is 11.5 Å². The summed E-state index contributed by atoms with van der Waals surface area (Å²) in [5.41, 5.74) is 4.77. The Morgan fingerprint density at radius 3 is 2.77 bits per heavy atom. The van der Waals surface area contributed by atoms with Crippen molar-refractivity contribution in [2.75, 3.05) is 20.0 Å². The number of ether oxygens (including phenoxy) is 2. The number of rotatable bonds is 7. The van der Waals surface area contributed by atoms with Gasteiger partial charge in [0, 0.05) is 17.2 Å². The first-order valence-electron chi connectivity index (χ1n) is 10.3. The smallest absolute Gasteiger partial charge is 0.250 e. The maximum absolute atomic E-state index is 12.5. The second kappa shape index (κ2) is 8.14. The summed E-state index contributed by atoms with van der Waals surface area (Å²) in [6.07, 6.45) is 3.33. The summed E-state index contributed by atoms with van der Waals surface area (Å²) in [5.74, 6) is 1.85. The zero-order valence-corrected chi connectivity index (χ0v) is 19.3. The summed E-state index contributed by atoms with van der Waals surface area (Å²) < 4.78 is 12.2. The van der Waals surface area contributed by atoms with Gasteiger partial charge in [0.15, 0.2) is 0 Å². The molecule has 166 valence electrons. The zero-order chi connectivity index (χ0) is 22.2. The van der Waals surface area contributed by atoms with Gasteiger partial charge < -0.3 is 9.47 Å². The summed E-state index contributed by atoms with van der Waals surface area (Å²) in [6.45, 7) is 6.91. The van der Waals surface area contributed by atoms with E-state index in [0.717, 1.165) is 18.6 Å². The van der Waals surface area contributed by atoms with Crippen LogP contribution in [0.3, 0.4) is 0 Å². The van der Waals surface area contributed by atoms with Crippen molar-refractivity contribution >= 4 is 23.4 Å². The lowest BCUT2D eigenvalue weighted by molar-refractivity contribution is -0.118. The number of hydrazone groups is 1. The van der Waals surface area contributed by atoms with Gasteiger partial charge >= 0.3 is 0 Å². The van der Waals surface area contributed by atoms with Crippen LogP contribution in [0, 0.1) is 16.7 Å². The van der Waals surface area contributed by atoms with Crippen molar-refractivity contribution in [3.8, 4) is 17.2 Å². The van der Waals surface area contributed by atoms with Gasteiger partial charge in [-0.2, -0.15) is 9.78 Å². The standard InChI is InChI=1S/C21H28N6O3S/c1-20(2)13-8-9-21(20,3)17(10-13)22-23-18(28)12-31-19-24-25-26-27(19)15-11-14(29-4)6-7-16(15)30-5/h6-7,11,13H,8-10,12H2,1-5H3,(H,23,28)/b22-17+. The fraction of sp³-hybridized carbons (Fsp3) is 0.571. The Morgan fingerprint density at radius 2 is 2.13 bits per heavy atom. The zero-order valence-electron chi connectivity index (χ0n) is 18.5. The molecule has 0 spiro atoms. The molecule has 1 aromatic heterocycles. The van der Waals surface area contributed by atoms with Crippen LogP contribution >= 0.6 is 11.8 Å². The highest BCUT2D eigenvalue weighted by Crippen LogP contribution is 2.63. The van der Waals surface area contributed by atoms with Crippen molar-refractivity contribution in [1.82, 2.24) is 25.6 Å². The van der Waals surface area contributed by atoms with Crippen molar-refractivity contribution in [3.63, 3.8) is 0 Å². The van der Waals surface area contributed by atoms with E-state index in [9.17, 15) is 4.79 Å². The largest absolute Gasteiger partial charge is 0.497 e. The normalized spacial score (nSPS) is 25.1. The molecule has 4 rings (SSSR count). The third-order valence-electron chi connectivity index (χ3n) is 7.22. The van der Waals surface area contributed by atoms with Crippen LogP contribution in [0.4, 0.5) is 0 Å². The maximum atomic E-state index is 12.5. The number of fused-ring (bicyclic) bond motifs is 2. The highest BCUT2D eigenvalue weighted by atomic mass is 32.2. The van der Waals surface area contributed by atoms with Crippen LogP contribution in [0.1, 0.15) is 40.0 Å². The lowest BCUT2D eigenvalue weighted by atomic mass is 9.70. The molecule has 2 aliphatic rings. The van der Waals surface area contributed by atoms with Crippen molar-refractivity contribution in [2.24, 2.45) is 21.8 Å². The minimum Gasteiger partial charge on any atom is -0.497 e. The lowest BCUT2D eigenvalue weighted by Crippen LogP contribution is -2.34. The predicted molar refractivity (Wildman–Crippen MR) is 118 cm³/mol. The third-order valence-corrected chi connectivity index (χ3v) is 8.13. The molecule has 0 aliphatic heterocycles. The van der Waals surface area contributed by atoms with Gasteiger partial charge in [-0.25, -0.2) is 5.43 Å². The van der Waals surface area contributed by atoms with Crippen LogP contribution in [-0.2, 0) is 4.79 Å². The molecule has 10 heteroatoms. The first-order chi connectivity index (χ1) is 14.8. The molecule has 31 heavy (non-hydrogen) atoms. The molecule has 2 aromatic rings. The van der Waals surface area contributed by atoms with Gasteiger partial charge in [-0.3, -0.25) is 4.79 Å². The number of amides is 1. The average molecular weight is 445 g/mol. The lowest BCUT2D eigenvalue weighted by Gasteiger charge is -2.34. The molecule has 9 nitrogen and oxygen atoms in total. The number of aromatic nitrogens is 4. The summed E-state index contributed by atoms with van der Waals surface area (Å²) >= 11 is 1.24. The fourth-order valence-corrected chi connectivity index (χ4v) is 5.45. The highest BCUT2D eigenvalue weighted by molar-refractivity contribution is 7.99. The van der Waals surface area contributed by atoms with E-state index < -0.39 is 0 Å². The topological polar surface area (TPSA) is 104 Å². The number of benzene rings is 1. The molecular formula is C21H28N6O3S. The number of methoxy groups -OCH3 is 2. The first-order valence-corrected chi connectivity index (χ1v) is 11.3. The Morgan fingerprint density at radius 1 is 1.32 bits per heavy atom. The maximum Gasteiger partial charge on any atom is 0.250 e. The first kappa shape index (κ1) is 21.6. The van der Waals surface area contributed by atoms with Gasteiger partial charge in [-0.05, 0) is 53.2 Å². The van der Waals surface area contributed by atoms with E-state index >= 15 is 0 Å². The van der Waals surface area contributed by atoms with Gasteiger partial charge in [-0.1, -0.05) is 32.5 Å². The number of carbonyl (C=O) groups excluding carboxylic acids is 1. The molecule has 0 saturated heterocycles. The quantitative estimate of drug-likeness (QED) is 0.517. The number of nitrogens with zero attached hydrogens (tertiary/aromatic N) is 5. The Bertz CT molecular complexity index is 1020. The second-order valence-electron chi connectivity index (χ2n) is 8.79. The number of hydrogen-bond acceptors (Lipinski definition) is 8. The van der Waals surface area contributed by atoms with Gasteiger partial charge in [0.1, 0.15) is 17.2 Å². The molecule has 2 bridgehead atoms. The van der Waals surface area contributed by atoms with Gasteiger partial charge in [0.2, 0.25) is 5.16 Å². The van der Waals surface area contributed by atoms with E-state index in [2.05, 4.69) is 46.8 Å². The van der Waals surface area contributed by atoms with E-state index in [1.807, 2.05) is 0 Å². The van der Waals surface area contributed by atoms with Crippen LogP contribution in [0.25, 0.3) is 5.69 Å². The number of tetrazole rings is 1.